The van der Waals surface area contributed by atoms with Gasteiger partial charge in [0, 0.05) is 6.07 Å². The monoisotopic (exact) mass is 539 g/mol. The molecule has 1 heterocycles. The van der Waals surface area contributed by atoms with Crippen molar-refractivity contribution in [3.63, 3.8) is 0 Å². The van der Waals surface area contributed by atoms with Gasteiger partial charge in [0.2, 0.25) is 5.91 Å². The minimum absolute atomic E-state index is 0.132. The Morgan fingerprint density at radius 3 is 2.35 bits per heavy atom. The lowest BCUT2D eigenvalue weighted by Gasteiger charge is -2.15. The highest BCUT2D eigenvalue weighted by Crippen LogP contribution is 2.33. The molecule has 1 aromatic heterocycles. The number of halogens is 1. The fraction of sp³-hybridized carbons (Fsp3) is 0.200. The predicted molar refractivity (Wildman–Crippen MR) is 121 cm³/mol. The number of rotatable bonds is 7. The predicted octanol–water partition coefficient (Wildman–Crippen LogP) is 1.51. The molecule has 0 radical (unpaired) electrons. The van der Waals surface area contributed by atoms with Crippen molar-refractivity contribution in [1.82, 2.24) is 9.13 Å². The Morgan fingerprint density at radius 2 is 1.71 bits per heavy atom. The van der Waals surface area contributed by atoms with Gasteiger partial charge in [-0.2, -0.15) is 0 Å². The number of carboxylic acid groups (broad SMARTS) is 1. The molecule has 2 N–H and O–H groups in total. The van der Waals surface area contributed by atoms with E-state index < -0.39 is 36.2 Å². The van der Waals surface area contributed by atoms with Gasteiger partial charge < -0.3 is 19.9 Å². The van der Waals surface area contributed by atoms with E-state index in [9.17, 15) is 19.2 Å². The molecule has 0 aliphatic carbocycles. The number of nitrogens with zero attached hydrogens (tertiary/aromatic N) is 2. The van der Waals surface area contributed by atoms with Crippen LogP contribution in [-0.4, -0.2) is 40.3 Å². The van der Waals surface area contributed by atoms with Gasteiger partial charge in [0.15, 0.2) is 0 Å². The molecule has 2 aromatic carbocycles. The van der Waals surface area contributed by atoms with Crippen molar-refractivity contribution in [3.05, 3.63) is 60.8 Å². The van der Waals surface area contributed by atoms with Gasteiger partial charge in [0.05, 0.1) is 34.4 Å². The Morgan fingerprint density at radius 1 is 1.03 bits per heavy atom. The van der Waals surface area contributed by atoms with Gasteiger partial charge >= 0.3 is 11.7 Å². The summed E-state index contributed by atoms with van der Waals surface area (Å²) in [7, 11) is 2.95. The van der Waals surface area contributed by atoms with Crippen LogP contribution in [0.3, 0.4) is 0 Å². The number of ether oxygens (including phenoxy) is 2. The maximum Gasteiger partial charge on any atom is 0.332 e. The third-order valence-electron chi connectivity index (χ3n) is 4.48. The summed E-state index contributed by atoms with van der Waals surface area (Å²) in [6.07, 6.45) is 0. The van der Waals surface area contributed by atoms with Gasteiger partial charge in [0.25, 0.3) is 5.56 Å². The van der Waals surface area contributed by atoms with Crippen molar-refractivity contribution in [2.75, 3.05) is 19.5 Å². The van der Waals surface area contributed by atoms with E-state index in [2.05, 4.69) is 5.32 Å². The second-order valence-corrected chi connectivity index (χ2v) is 7.57. The quantitative estimate of drug-likeness (QED) is 0.436. The molecule has 0 unspecified atom stereocenters. The van der Waals surface area contributed by atoms with Gasteiger partial charge in [-0.05, 0) is 40.8 Å². The molecule has 0 saturated heterocycles. The standard InChI is InChI=1S/C20H18IN3O7/c1-30-15-8-16(31-2)13(7-12(15)21)22-17(25)9-23-14-6-4-3-5-11(14)19(28)24(20(23)29)10-18(26)27/h3-8H,9-10H2,1-2H3,(H,22,25)(H,26,27). The van der Waals surface area contributed by atoms with Crippen LogP contribution in [0, 0.1) is 3.57 Å². The van der Waals surface area contributed by atoms with Crippen molar-refractivity contribution in [1.29, 1.82) is 0 Å². The van der Waals surface area contributed by atoms with Gasteiger partial charge in [-0.15, -0.1) is 0 Å². The molecular weight excluding hydrogens is 521 g/mol. The number of methoxy groups -OCH3 is 2. The van der Waals surface area contributed by atoms with Crippen molar-refractivity contribution >= 4 is 51.1 Å². The number of nitrogens with one attached hydrogen (secondary N) is 1. The minimum atomic E-state index is -1.34. The average molecular weight is 539 g/mol. The average Bonchev–Trinajstić information content (AvgIpc) is 2.74. The molecule has 0 bridgehead atoms. The number of hydrogen-bond donors (Lipinski definition) is 2. The van der Waals surface area contributed by atoms with E-state index in [1.54, 1.807) is 24.3 Å². The molecule has 0 saturated carbocycles. The molecule has 3 aromatic rings. The number of benzene rings is 2. The third-order valence-corrected chi connectivity index (χ3v) is 5.32. The Labute approximate surface area is 189 Å². The number of anilines is 1. The first-order chi connectivity index (χ1) is 14.8. The zero-order chi connectivity index (χ0) is 22.7. The van der Waals surface area contributed by atoms with E-state index in [0.29, 0.717) is 21.8 Å². The smallest absolute Gasteiger partial charge is 0.332 e. The maximum atomic E-state index is 12.8. The van der Waals surface area contributed by atoms with Crippen LogP contribution in [0.5, 0.6) is 11.5 Å². The lowest BCUT2D eigenvalue weighted by molar-refractivity contribution is -0.137. The van der Waals surface area contributed by atoms with Gasteiger partial charge in [-0.25, -0.2) is 9.36 Å². The molecule has 0 aliphatic heterocycles. The van der Waals surface area contributed by atoms with E-state index >= 15 is 0 Å². The number of aromatic nitrogens is 2. The van der Waals surface area contributed by atoms with Crippen molar-refractivity contribution in [2.45, 2.75) is 13.1 Å². The fourth-order valence-electron chi connectivity index (χ4n) is 3.09. The van der Waals surface area contributed by atoms with Crippen LogP contribution in [0.4, 0.5) is 5.69 Å². The minimum Gasteiger partial charge on any atom is -0.496 e. The van der Waals surface area contributed by atoms with Crippen LogP contribution in [-0.2, 0) is 22.7 Å². The van der Waals surface area contributed by atoms with Crippen LogP contribution in [0.1, 0.15) is 0 Å². The number of hydrogen-bond acceptors (Lipinski definition) is 6. The Balaban J connectivity index is 2.03. The Hall–Kier alpha value is -3.35. The number of carbonyl (C=O) groups excluding carboxylic acids is 1. The van der Waals surface area contributed by atoms with Gasteiger partial charge in [0.1, 0.15) is 24.6 Å². The first-order valence-corrected chi connectivity index (χ1v) is 10.00. The molecular formula is C20H18IN3O7. The van der Waals surface area contributed by atoms with E-state index in [0.717, 1.165) is 8.14 Å². The van der Waals surface area contributed by atoms with E-state index in [1.165, 1.54) is 26.4 Å². The highest BCUT2D eigenvalue weighted by Gasteiger charge is 2.18. The van der Waals surface area contributed by atoms with E-state index in [-0.39, 0.29) is 10.9 Å². The van der Waals surface area contributed by atoms with Crippen LogP contribution < -0.4 is 26.0 Å². The third kappa shape index (κ3) is 4.55. The number of para-hydroxylation sites is 1. The summed E-state index contributed by atoms with van der Waals surface area (Å²) in [6.45, 7) is -1.25. The number of aliphatic carboxylic acids is 1. The SMILES string of the molecule is COc1cc(OC)c(NC(=O)Cn2c(=O)n(CC(=O)O)c(=O)c3ccccc32)cc1I. The second kappa shape index (κ2) is 9.20. The molecule has 0 atom stereocenters. The van der Waals surface area contributed by atoms with Crippen molar-refractivity contribution in [2.24, 2.45) is 0 Å². The Bertz CT molecular complexity index is 1300. The van der Waals surface area contributed by atoms with Crippen LogP contribution in [0.2, 0.25) is 0 Å². The van der Waals surface area contributed by atoms with Crippen molar-refractivity contribution < 1.29 is 24.2 Å². The number of carbonyl (C=O) groups is 2. The second-order valence-electron chi connectivity index (χ2n) is 6.41. The van der Waals surface area contributed by atoms with Crippen LogP contribution in [0.25, 0.3) is 10.9 Å². The zero-order valence-corrected chi connectivity index (χ0v) is 18.7. The molecule has 3 rings (SSSR count). The van der Waals surface area contributed by atoms with Gasteiger partial charge in [-0.3, -0.25) is 19.0 Å². The molecule has 0 fully saturated rings. The molecule has 10 nitrogen and oxygen atoms in total. The normalized spacial score (nSPS) is 10.7. The molecule has 0 spiro atoms. The summed E-state index contributed by atoms with van der Waals surface area (Å²) in [5.74, 6) is -0.979. The largest absolute Gasteiger partial charge is 0.496 e. The molecule has 0 aliphatic rings. The number of fused-ring (bicyclic) bond motifs is 1. The van der Waals surface area contributed by atoms with E-state index in [1.807, 2.05) is 22.6 Å². The summed E-state index contributed by atoms with van der Waals surface area (Å²) in [5, 5.41) is 11.9. The molecule has 31 heavy (non-hydrogen) atoms. The Kier molecular flexibility index (Phi) is 6.63. The summed E-state index contributed by atoms with van der Waals surface area (Å²) in [4.78, 5) is 49.3. The number of carboxylic acids is 1. The van der Waals surface area contributed by atoms with Crippen LogP contribution >= 0.6 is 22.6 Å². The molecule has 11 heteroatoms. The highest BCUT2D eigenvalue weighted by molar-refractivity contribution is 14.1. The fourth-order valence-corrected chi connectivity index (χ4v) is 3.78. The number of amides is 1. The van der Waals surface area contributed by atoms with Crippen LogP contribution in [0.15, 0.2) is 46.0 Å². The summed E-state index contributed by atoms with van der Waals surface area (Å²) in [6, 6.07) is 9.47. The summed E-state index contributed by atoms with van der Waals surface area (Å²) in [5.41, 5.74) is -1.02. The topological polar surface area (TPSA) is 129 Å². The molecule has 162 valence electrons. The summed E-state index contributed by atoms with van der Waals surface area (Å²) < 4.78 is 12.9. The highest BCUT2D eigenvalue weighted by atomic mass is 127. The summed E-state index contributed by atoms with van der Waals surface area (Å²) >= 11 is 2.04. The lowest BCUT2D eigenvalue weighted by Crippen LogP contribution is -2.43. The zero-order valence-electron chi connectivity index (χ0n) is 16.5. The van der Waals surface area contributed by atoms with E-state index in [4.69, 9.17) is 14.6 Å². The van der Waals surface area contributed by atoms with Gasteiger partial charge in [-0.1, -0.05) is 12.1 Å². The lowest BCUT2D eigenvalue weighted by atomic mass is 10.2. The molecule has 1 amide bonds. The first-order valence-electron chi connectivity index (χ1n) is 8.92. The first kappa shape index (κ1) is 22.3. The maximum absolute atomic E-state index is 12.8. The van der Waals surface area contributed by atoms with Crippen molar-refractivity contribution in [3.8, 4) is 11.5 Å².